The summed E-state index contributed by atoms with van der Waals surface area (Å²) in [5.74, 6) is 1.95. The van der Waals surface area contributed by atoms with Gasteiger partial charge in [-0.3, -0.25) is 4.79 Å². The van der Waals surface area contributed by atoms with Crippen LogP contribution < -0.4 is 26.1 Å². The number of anilines is 2. The first-order valence-corrected chi connectivity index (χ1v) is 6.69. The quantitative estimate of drug-likeness (QED) is 0.768. The van der Waals surface area contributed by atoms with Crippen molar-refractivity contribution in [1.29, 1.82) is 0 Å². The predicted molar refractivity (Wildman–Crippen MR) is 78.9 cm³/mol. The normalized spacial score (nSPS) is 13.0. The van der Waals surface area contributed by atoms with Crippen LogP contribution in [-0.4, -0.2) is 29.7 Å². The third-order valence-corrected chi connectivity index (χ3v) is 3.20. The zero-order chi connectivity index (χ0) is 14.7. The molecule has 1 aromatic carbocycles. The predicted octanol–water partition coefficient (Wildman–Crippen LogP) is 0.778. The zero-order valence-electron chi connectivity index (χ0n) is 11.4. The van der Waals surface area contributed by atoms with Crippen LogP contribution >= 0.6 is 0 Å². The largest absolute Gasteiger partial charge is 0.486 e. The van der Waals surface area contributed by atoms with Gasteiger partial charge in [0.2, 0.25) is 0 Å². The number of nitrogens with zero attached hydrogens (tertiary/aromatic N) is 1. The van der Waals surface area contributed by atoms with Gasteiger partial charge in [0, 0.05) is 6.54 Å². The standard InChI is InChI=1S/C14H16N4O3/c15-12-13(17-8-18-14(12)19)16-4-3-9-1-2-10-11(7-9)21-6-5-20-10/h1-2,7-8H,3-6,15H2,(H2,16,17,18,19). The van der Waals surface area contributed by atoms with E-state index < -0.39 is 0 Å². The Balaban J connectivity index is 1.63. The van der Waals surface area contributed by atoms with Crippen LogP contribution in [0.3, 0.4) is 0 Å². The molecule has 7 nitrogen and oxygen atoms in total. The smallest absolute Gasteiger partial charge is 0.276 e. The molecule has 2 aromatic rings. The van der Waals surface area contributed by atoms with Gasteiger partial charge in [0.05, 0.1) is 6.33 Å². The van der Waals surface area contributed by atoms with Crippen molar-refractivity contribution in [1.82, 2.24) is 9.97 Å². The number of hydrogen-bond donors (Lipinski definition) is 3. The van der Waals surface area contributed by atoms with Crippen LogP contribution in [0.25, 0.3) is 0 Å². The average molecular weight is 288 g/mol. The molecule has 110 valence electrons. The van der Waals surface area contributed by atoms with Crippen LogP contribution in [0.15, 0.2) is 29.3 Å². The molecule has 1 aromatic heterocycles. The Morgan fingerprint density at radius 3 is 2.95 bits per heavy atom. The summed E-state index contributed by atoms with van der Waals surface area (Å²) in [5.41, 5.74) is 6.51. The molecule has 3 rings (SSSR count). The molecular weight excluding hydrogens is 272 g/mol. The number of fused-ring (bicyclic) bond motifs is 1. The molecule has 0 radical (unpaired) electrons. The van der Waals surface area contributed by atoms with Crippen molar-refractivity contribution in [2.75, 3.05) is 30.8 Å². The summed E-state index contributed by atoms with van der Waals surface area (Å²) in [6.07, 6.45) is 2.08. The summed E-state index contributed by atoms with van der Waals surface area (Å²) in [4.78, 5) is 17.8. The number of ether oxygens (including phenoxy) is 2. The first kappa shape index (κ1) is 13.3. The average Bonchev–Trinajstić information content (AvgIpc) is 2.51. The molecule has 1 aliphatic rings. The van der Waals surface area contributed by atoms with Gasteiger partial charge in [0.25, 0.3) is 5.56 Å². The van der Waals surface area contributed by atoms with Gasteiger partial charge in [0.1, 0.15) is 18.9 Å². The minimum absolute atomic E-state index is 0.0969. The van der Waals surface area contributed by atoms with Crippen LogP contribution in [0.5, 0.6) is 11.5 Å². The van der Waals surface area contributed by atoms with Gasteiger partial charge in [-0.2, -0.15) is 0 Å². The van der Waals surface area contributed by atoms with Gasteiger partial charge in [-0.05, 0) is 24.1 Å². The van der Waals surface area contributed by atoms with E-state index in [1.807, 2.05) is 18.2 Å². The number of rotatable bonds is 4. The molecule has 2 heterocycles. The second-order valence-corrected chi connectivity index (χ2v) is 4.65. The van der Waals surface area contributed by atoms with Crippen LogP contribution in [-0.2, 0) is 6.42 Å². The lowest BCUT2D eigenvalue weighted by Crippen LogP contribution is -2.17. The molecule has 0 spiro atoms. The Labute approximate surface area is 121 Å². The second-order valence-electron chi connectivity index (χ2n) is 4.65. The lowest BCUT2D eigenvalue weighted by Gasteiger charge is -2.19. The highest BCUT2D eigenvalue weighted by Gasteiger charge is 2.11. The van der Waals surface area contributed by atoms with Crippen LogP contribution in [0.2, 0.25) is 0 Å². The minimum Gasteiger partial charge on any atom is -0.486 e. The highest BCUT2D eigenvalue weighted by atomic mass is 16.6. The summed E-state index contributed by atoms with van der Waals surface area (Å²) in [6.45, 7) is 1.77. The number of nitrogens with two attached hydrogens (primary N) is 1. The van der Waals surface area contributed by atoms with E-state index in [-0.39, 0.29) is 11.2 Å². The van der Waals surface area contributed by atoms with Crippen molar-refractivity contribution in [2.45, 2.75) is 6.42 Å². The summed E-state index contributed by atoms with van der Waals surface area (Å²) >= 11 is 0. The summed E-state index contributed by atoms with van der Waals surface area (Å²) < 4.78 is 11.0. The van der Waals surface area contributed by atoms with E-state index in [0.29, 0.717) is 25.6 Å². The van der Waals surface area contributed by atoms with Gasteiger partial charge in [-0.15, -0.1) is 0 Å². The molecule has 0 amide bonds. The minimum atomic E-state index is -0.341. The number of nitrogens with one attached hydrogen (secondary N) is 2. The maximum Gasteiger partial charge on any atom is 0.276 e. The van der Waals surface area contributed by atoms with Gasteiger partial charge < -0.3 is 25.5 Å². The highest BCUT2D eigenvalue weighted by molar-refractivity contribution is 5.58. The fraction of sp³-hybridized carbons (Fsp3) is 0.286. The maximum atomic E-state index is 11.3. The molecule has 0 aliphatic carbocycles. The molecule has 0 saturated heterocycles. The molecular formula is C14H16N4O3. The molecule has 0 bridgehead atoms. The number of H-pyrrole nitrogens is 1. The van der Waals surface area contributed by atoms with Crippen molar-refractivity contribution in [3.8, 4) is 11.5 Å². The van der Waals surface area contributed by atoms with Crippen molar-refractivity contribution < 1.29 is 9.47 Å². The van der Waals surface area contributed by atoms with E-state index in [1.54, 1.807) is 0 Å². The van der Waals surface area contributed by atoms with Crippen molar-refractivity contribution >= 4 is 11.5 Å². The number of hydrogen-bond acceptors (Lipinski definition) is 6. The molecule has 7 heteroatoms. The molecule has 0 unspecified atom stereocenters. The molecule has 21 heavy (non-hydrogen) atoms. The van der Waals surface area contributed by atoms with Gasteiger partial charge in [-0.25, -0.2) is 4.98 Å². The van der Waals surface area contributed by atoms with E-state index in [4.69, 9.17) is 15.2 Å². The third kappa shape index (κ3) is 2.91. The SMILES string of the molecule is Nc1c(NCCc2ccc3c(c2)OCCO3)nc[nH]c1=O. The molecule has 4 N–H and O–H groups in total. The van der Waals surface area contributed by atoms with E-state index in [1.165, 1.54) is 6.33 Å². The number of benzene rings is 1. The molecule has 0 atom stereocenters. The fourth-order valence-electron chi connectivity index (χ4n) is 2.12. The lowest BCUT2D eigenvalue weighted by molar-refractivity contribution is 0.171. The molecule has 0 saturated carbocycles. The summed E-state index contributed by atoms with van der Waals surface area (Å²) in [5, 5.41) is 3.05. The number of aromatic amines is 1. The fourth-order valence-corrected chi connectivity index (χ4v) is 2.12. The third-order valence-electron chi connectivity index (χ3n) is 3.20. The van der Waals surface area contributed by atoms with E-state index in [9.17, 15) is 4.79 Å². The van der Waals surface area contributed by atoms with E-state index >= 15 is 0 Å². The van der Waals surface area contributed by atoms with Crippen molar-refractivity contribution in [3.63, 3.8) is 0 Å². The summed E-state index contributed by atoms with van der Waals surface area (Å²) in [7, 11) is 0. The monoisotopic (exact) mass is 288 g/mol. The van der Waals surface area contributed by atoms with E-state index in [2.05, 4.69) is 15.3 Å². The van der Waals surface area contributed by atoms with Gasteiger partial charge in [-0.1, -0.05) is 6.07 Å². The van der Waals surface area contributed by atoms with Gasteiger partial charge in [0.15, 0.2) is 17.3 Å². The Morgan fingerprint density at radius 1 is 1.29 bits per heavy atom. The molecule has 1 aliphatic heterocycles. The maximum absolute atomic E-state index is 11.3. The Hall–Kier alpha value is -2.70. The highest BCUT2D eigenvalue weighted by Crippen LogP contribution is 2.30. The second kappa shape index (κ2) is 5.74. The Bertz CT molecular complexity index is 699. The Kier molecular flexibility index (Phi) is 3.63. The van der Waals surface area contributed by atoms with E-state index in [0.717, 1.165) is 23.5 Å². The first-order valence-electron chi connectivity index (χ1n) is 6.69. The molecule has 0 fully saturated rings. The number of aromatic nitrogens is 2. The van der Waals surface area contributed by atoms with Crippen LogP contribution in [0.4, 0.5) is 11.5 Å². The van der Waals surface area contributed by atoms with Crippen LogP contribution in [0, 0.1) is 0 Å². The Morgan fingerprint density at radius 2 is 2.10 bits per heavy atom. The topological polar surface area (TPSA) is 102 Å². The lowest BCUT2D eigenvalue weighted by atomic mass is 10.1. The first-order chi connectivity index (χ1) is 10.2. The summed E-state index contributed by atoms with van der Waals surface area (Å²) in [6, 6.07) is 5.86. The van der Waals surface area contributed by atoms with Crippen molar-refractivity contribution in [3.05, 3.63) is 40.4 Å². The zero-order valence-corrected chi connectivity index (χ0v) is 11.4. The van der Waals surface area contributed by atoms with Crippen LogP contribution in [0.1, 0.15) is 5.56 Å². The van der Waals surface area contributed by atoms with Gasteiger partial charge >= 0.3 is 0 Å². The number of nitrogen functional groups attached to an aromatic ring is 1. The van der Waals surface area contributed by atoms with Crippen molar-refractivity contribution in [2.24, 2.45) is 0 Å².